The second-order valence-electron chi connectivity index (χ2n) is 19.2. The Morgan fingerprint density at radius 1 is 0.337 bits per heavy atom. The normalized spacial score (nSPS) is 10.1. The van der Waals surface area contributed by atoms with E-state index in [2.05, 4.69) is 135 Å². The molecule has 86 heavy (non-hydrogen) atoms. The van der Waals surface area contributed by atoms with Gasteiger partial charge in [0.25, 0.3) is 0 Å². The van der Waals surface area contributed by atoms with Crippen molar-refractivity contribution in [2.24, 2.45) is 0 Å². The predicted molar refractivity (Wildman–Crippen MR) is 339 cm³/mol. The molecule has 1 N–H and O–H groups in total. The Bertz CT molecular complexity index is 3960. The van der Waals surface area contributed by atoms with E-state index >= 15 is 0 Å². The van der Waals surface area contributed by atoms with Crippen LogP contribution in [-0.2, 0) is 40.2 Å². The van der Waals surface area contributed by atoms with E-state index in [0.717, 1.165) is 73.1 Å². The maximum absolute atomic E-state index is 5.66. The van der Waals surface area contributed by atoms with E-state index in [9.17, 15) is 0 Å². The monoisotopic (exact) mass is 1470 g/mol. The van der Waals surface area contributed by atoms with Crippen LogP contribution < -0.4 is 4.74 Å². The van der Waals surface area contributed by atoms with E-state index < -0.39 is 0 Å². The average molecular weight is 1470 g/mol. The topological polar surface area (TPSA) is 102 Å². The Hall–Kier alpha value is -9.66. The summed E-state index contributed by atoms with van der Waals surface area (Å²) >= 11 is 0. The molecule has 0 fully saturated rings. The van der Waals surface area contributed by atoms with Gasteiger partial charge in [0.2, 0.25) is 5.88 Å². The first kappa shape index (κ1) is 62.4. The number of hydrogen-bond acceptors (Lipinski definition) is 7. The number of aromatic nitrogens is 7. The van der Waals surface area contributed by atoms with Crippen LogP contribution in [0.15, 0.2) is 268 Å². The molecule has 0 aliphatic rings. The molecule has 8 nitrogen and oxygen atoms in total. The fourth-order valence-corrected chi connectivity index (χ4v) is 9.22. The van der Waals surface area contributed by atoms with Gasteiger partial charge in [0.15, 0.2) is 0 Å². The molecule has 14 rings (SSSR count). The standard InChI is InChI=1S/2C18H15N2.C17H11NO.C12H8N.C11H8N.2Ir/c2*1-13-11-14(2)16(18-8-4-6-10-20-18)12-15(13)17-7-3-5-9-19-17;1-3-8-14(9-4-1)16-12-7-13-17(18-16)19-15-10-5-2-6-11-15;1-3-7-11-9(5-1)10-6-2-4-8-12(10)13-11;1-2-6-10(7-3-1)11-8-4-5-9-12-11;;/h2*3-11H,1-2H3;1-8,10,12-13H;1-7,13H;1-6,8-9H;;/q2*-1;-2;2*-1;2*+3. The quantitative estimate of drug-likeness (QED) is 0.151. The molecule has 7 heterocycles. The second kappa shape index (κ2) is 31.8. The fourth-order valence-electron chi connectivity index (χ4n) is 9.22. The summed E-state index contributed by atoms with van der Waals surface area (Å²) in [6.07, 6.45) is 9.02. The third kappa shape index (κ3) is 16.8. The number of aryl methyl sites for hydroxylation is 4. The minimum Gasteiger partial charge on any atom is -0.466 e. The van der Waals surface area contributed by atoms with Gasteiger partial charge in [-0.15, -0.1) is 136 Å². The van der Waals surface area contributed by atoms with Crippen LogP contribution in [0.3, 0.4) is 0 Å². The van der Waals surface area contributed by atoms with Crippen LogP contribution in [0.1, 0.15) is 22.3 Å². The van der Waals surface area contributed by atoms with Gasteiger partial charge in [0, 0.05) is 65.0 Å². The minimum atomic E-state index is 0. The zero-order valence-electron chi connectivity index (χ0n) is 47.7. The van der Waals surface area contributed by atoms with Crippen LogP contribution in [-0.4, -0.2) is 34.9 Å². The summed E-state index contributed by atoms with van der Waals surface area (Å²) < 4.78 is 5.66. The zero-order chi connectivity index (χ0) is 57.7. The molecule has 0 aliphatic carbocycles. The van der Waals surface area contributed by atoms with Crippen molar-refractivity contribution in [1.82, 2.24) is 34.9 Å². The molecule has 0 bridgehead atoms. The Labute approximate surface area is 531 Å². The van der Waals surface area contributed by atoms with Crippen LogP contribution >= 0.6 is 0 Å². The van der Waals surface area contributed by atoms with Gasteiger partial charge in [-0.05, 0) is 59.2 Å². The summed E-state index contributed by atoms with van der Waals surface area (Å²) in [5.41, 5.74) is 18.7. The van der Waals surface area contributed by atoms with Crippen molar-refractivity contribution < 1.29 is 44.9 Å². The van der Waals surface area contributed by atoms with Crippen molar-refractivity contribution in [1.29, 1.82) is 0 Å². The Kier molecular flexibility index (Phi) is 23.1. The van der Waals surface area contributed by atoms with E-state index in [1.54, 1.807) is 6.20 Å². The van der Waals surface area contributed by atoms with Crippen molar-refractivity contribution in [2.45, 2.75) is 27.7 Å². The third-order valence-electron chi connectivity index (χ3n) is 13.2. The van der Waals surface area contributed by atoms with E-state index in [4.69, 9.17) is 4.74 Å². The molecule has 7 aromatic heterocycles. The third-order valence-corrected chi connectivity index (χ3v) is 13.2. The van der Waals surface area contributed by atoms with Gasteiger partial charge in [-0.2, -0.15) is 42.5 Å². The number of ether oxygens (including phenoxy) is 1. The predicted octanol–water partition coefficient (Wildman–Crippen LogP) is 18.3. The molecule has 7 aromatic carbocycles. The SMILES string of the molecule is Cc1cc(C)c(-c2ccccn2)[c-]c1-c1ccccn1.Cc1cc(C)c(-c2ccccn2)[c-]c1-c1ccccn1.[Ir+3].[Ir+3].[c-]1cccc2c1[nH]c1ccccc12.[c-]1ccccc1-c1ccccn1.[c-]1ccccc1Oc1cccc(-c2[c-]cccc2)n1. The zero-order valence-corrected chi connectivity index (χ0v) is 52.5. The Morgan fingerprint density at radius 2 is 0.733 bits per heavy atom. The van der Waals surface area contributed by atoms with Crippen LogP contribution in [0.25, 0.3) is 89.4 Å². The van der Waals surface area contributed by atoms with Gasteiger partial charge in [-0.3, -0.25) is 24.9 Å². The van der Waals surface area contributed by atoms with Crippen molar-refractivity contribution in [3.63, 3.8) is 0 Å². The number of nitrogens with zero attached hydrogens (tertiary/aromatic N) is 6. The average Bonchev–Trinajstić information content (AvgIpc) is 3.26. The summed E-state index contributed by atoms with van der Waals surface area (Å²) in [6, 6.07) is 96.5. The molecule has 420 valence electrons. The number of fused-ring (bicyclic) bond motifs is 3. The summed E-state index contributed by atoms with van der Waals surface area (Å²) in [5.74, 6) is 1.21. The van der Waals surface area contributed by atoms with Gasteiger partial charge in [-0.25, -0.2) is 0 Å². The fraction of sp³-hybridized carbons (Fsp3) is 0.0526. The Morgan fingerprint density at radius 3 is 1.17 bits per heavy atom. The summed E-state index contributed by atoms with van der Waals surface area (Å²) in [6.45, 7) is 8.37. The van der Waals surface area contributed by atoms with Crippen molar-refractivity contribution in [3.8, 4) is 79.2 Å². The molecule has 0 spiro atoms. The largest absolute Gasteiger partial charge is 3.00 e. The van der Waals surface area contributed by atoms with Gasteiger partial charge in [0.1, 0.15) is 0 Å². The summed E-state index contributed by atoms with van der Waals surface area (Å²) in [4.78, 5) is 29.7. The molecule has 0 saturated carbocycles. The first-order valence-electron chi connectivity index (χ1n) is 27.4. The first-order valence-corrected chi connectivity index (χ1v) is 27.4. The van der Waals surface area contributed by atoms with Crippen LogP contribution in [0.4, 0.5) is 0 Å². The number of hydrogen-bond donors (Lipinski definition) is 1. The van der Waals surface area contributed by atoms with E-state index in [1.807, 2.05) is 225 Å². The first-order chi connectivity index (χ1) is 41.3. The van der Waals surface area contributed by atoms with Gasteiger partial charge >= 0.3 is 40.2 Å². The number of nitrogens with one attached hydrogen (secondary N) is 1. The molecular formula is C76H57Ir2N7O. The molecule has 14 aromatic rings. The van der Waals surface area contributed by atoms with E-state index in [0.29, 0.717) is 11.6 Å². The molecule has 0 aliphatic heterocycles. The van der Waals surface area contributed by atoms with E-state index in [-0.39, 0.29) is 40.2 Å². The van der Waals surface area contributed by atoms with Crippen LogP contribution in [0.2, 0.25) is 0 Å². The van der Waals surface area contributed by atoms with Gasteiger partial charge < -0.3 is 14.7 Å². The molecule has 0 atom stereocenters. The second-order valence-corrected chi connectivity index (χ2v) is 19.2. The summed E-state index contributed by atoms with van der Waals surface area (Å²) in [5, 5.41) is 2.52. The van der Waals surface area contributed by atoms with Crippen molar-refractivity contribution in [2.75, 3.05) is 0 Å². The van der Waals surface area contributed by atoms with Gasteiger partial charge in [-0.1, -0.05) is 146 Å². The number of aromatic amines is 1. The van der Waals surface area contributed by atoms with Crippen molar-refractivity contribution in [3.05, 3.63) is 326 Å². The molecular weight excluding hydrogens is 1410 g/mol. The van der Waals surface area contributed by atoms with E-state index in [1.165, 1.54) is 38.5 Å². The molecule has 10 heteroatoms. The molecule has 0 unspecified atom stereocenters. The molecule has 0 amide bonds. The number of H-pyrrole nitrogens is 1. The number of benzene rings is 7. The smallest absolute Gasteiger partial charge is 0.466 e. The number of rotatable bonds is 8. The maximum atomic E-state index is 5.66. The summed E-state index contributed by atoms with van der Waals surface area (Å²) in [7, 11) is 0. The van der Waals surface area contributed by atoms with Crippen LogP contribution in [0, 0.1) is 64.1 Å². The van der Waals surface area contributed by atoms with Crippen LogP contribution in [0.5, 0.6) is 11.6 Å². The van der Waals surface area contributed by atoms with Gasteiger partial charge in [0.05, 0.1) is 0 Å². The molecule has 0 radical (unpaired) electrons. The minimum absolute atomic E-state index is 0. The Balaban J connectivity index is 0.000000141. The van der Waals surface area contributed by atoms with Crippen molar-refractivity contribution >= 4 is 21.8 Å². The number of pyridine rings is 6. The molecule has 0 saturated heterocycles. The number of para-hydroxylation sites is 3. The maximum Gasteiger partial charge on any atom is 3.00 e.